The summed E-state index contributed by atoms with van der Waals surface area (Å²) in [4.78, 5) is 46.0. The summed E-state index contributed by atoms with van der Waals surface area (Å²) >= 11 is 0. The first-order valence-corrected chi connectivity index (χ1v) is 8.69. The molecule has 0 aliphatic rings. The lowest BCUT2D eigenvalue weighted by molar-refractivity contribution is -0.139. The summed E-state index contributed by atoms with van der Waals surface area (Å²) in [5, 5.41) is 7.78. The summed E-state index contributed by atoms with van der Waals surface area (Å²) in [6.45, 7) is 1.21. The van der Waals surface area contributed by atoms with Crippen LogP contribution < -0.4 is 16.0 Å². The van der Waals surface area contributed by atoms with Crippen molar-refractivity contribution in [2.75, 3.05) is 24.3 Å². The number of anilines is 2. The van der Waals surface area contributed by atoms with Gasteiger partial charge >= 0.3 is 5.97 Å². The lowest BCUT2D eigenvalue weighted by Gasteiger charge is -2.06. The standard InChI is InChI=1S/C21H21N3O5/c1-14(25)23-17-8-3-15(4-9-17)5-12-19(26)24-18-10-6-16(7-11-18)21(28)22-13-20(27)29-2/h3-12H,13H2,1-2H3,(H,22,28)(H,23,25)(H,24,26)/b12-5+. The Morgan fingerprint density at radius 1 is 0.897 bits per heavy atom. The van der Waals surface area contributed by atoms with Crippen molar-refractivity contribution in [1.82, 2.24) is 5.32 Å². The highest BCUT2D eigenvalue weighted by Crippen LogP contribution is 2.12. The molecule has 150 valence electrons. The summed E-state index contributed by atoms with van der Waals surface area (Å²) in [6.07, 6.45) is 3.02. The summed E-state index contributed by atoms with van der Waals surface area (Å²) in [5.41, 5.74) is 2.34. The summed E-state index contributed by atoms with van der Waals surface area (Å²) in [6, 6.07) is 13.3. The Balaban J connectivity index is 1.88. The Bertz CT molecular complexity index is 918. The monoisotopic (exact) mass is 395 g/mol. The Kier molecular flexibility index (Phi) is 7.67. The Hall–Kier alpha value is -3.94. The van der Waals surface area contributed by atoms with E-state index in [9.17, 15) is 19.2 Å². The van der Waals surface area contributed by atoms with Crippen molar-refractivity contribution in [3.8, 4) is 0 Å². The second kappa shape index (κ2) is 10.4. The van der Waals surface area contributed by atoms with Crippen LogP contribution >= 0.6 is 0 Å². The molecule has 2 aromatic rings. The molecule has 0 fully saturated rings. The van der Waals surface area contributed by atoms with Gasteiger partial charge in [0.2, 0.25) is 11.8 Å². The third-order valence-electron chi connectivity index (χ3n) is 3.69. The lowest BCUT2D eigenvalue weighted by atomic mass is 10.2. The van der Waals surface area contributed by atoms with Gasteiger partial charge in [-0.2, -0.15) is 0 Å². The van der Waals surface area contributed by atoms with Crippen LogP contribution in [-0.4, -0.2) is 37.3 Å². The number of rotatable bonds is 7. The normalized spacial score (nSPS) is 10.3. The average molecular weight is 395 g/mol. The molecule has 8 heteroatoms. The number of carbonyl (C=O) groups is 4. The molecule has 0 aliphatic carbocycles. The minimum Gasteiger partial charge on any atom is -0.468 e. The molecular formula is C21H21N3O5. The van der Waals surface area contributed by atoms with Gasteiger partial charge in [-0.1, -0.05) is 12.1 Å². The number of hydrogen-bond acceptors (Lipinski definition) is 5. The molecule has 3 amide bonds. The molecule has 0 saturated heterocycles. The largest absolute Gasteiger partial charge is 0.468 e. The number of ether oxygens (including phenoxy) is 1. The van der Waals surface area contributed by atoms with E-state index >= 15 is 0 Å². The highest BCUT2D eigenvalue weighted by molar-refractivity contribution is 6.02. The highest BCUT2D eigenvalue weighted by atomic mass is 16.5. The molecule has 0 heterocycles. The number of carbonyl (C=O) groups excluding carboxylic acids is 4. The van der Waals surface area contributed by atoms with Crippen molar-refractivity contribution in [2.24, 2.45) is 0 Å². The SMILES string of the molecule is COC(=O)CNC(=O)c1ccc(NC(=O)/C=C/c2ccc(NC(C)=O)cc2)cc1. The van der Waals surface area contributed by atoms with Crippen LogP contribution in [-0.2, 0) is 19.1 Å². The summed E-state index contributed by atoms with van der Waals surface area (Å²) in [7, 11) is 1.24. The first-order chi connectivity index (χ1) is 13.9. The molecule has 2 aromatic carbocycles. The summed E-state index contributed by atoms with van der Waals surface area (Å²) in [5.74, 6) is -1.45. The van der Waals surface area contributed by atoms with Gasteiger partial charge in [0.1, 0.15) is 6.54 Å². The molecule has 3 N–H and O–H groups in total. The van der Waals surface area contributed by atoms with E-state index in [2.05, 4.69) is 20.7 Å². The van der Waals surface area contributed by atoms with Gasteiger partial charge in [-0.15, -0.1) is 0 Å². The van der Waals surface area contributed by atoms with E-state index in [1.165, 1.54) is 32.2 Å². The van der Waals surface area contributed by atoms with Crippen LogP contribution in [0.4, 0.5) is 11.4 Å². The van der Waals surface area contributed by atoms with E-state index in [-0.39, 0.29) is 18.4 Å². The highest BCUT2D eigenvalue weighted by Gasteiger charge is 2.08. The van der Waals surface area contributed by atoms with Crippen LogP contribution in [0.15, 0.2) is 54.6 Å². The van der Waals surface area contributed by atoms with Gasteiger partial charge < -0.3 is 20.7 Å². The molecule has 0 radical (unpaired) electrons. The molecule has 2 rings (SSSR count). The van der Waals surface area contributed by atoms with Crippen molar-refractivity contribution in [3.63, 3.8) is 0 Å². The Morgan fingerprint density at radius 3 is 2.07 bits per heavy atom. The van der Waals surface area contributed by atoms with E-state index in [4.69, 9.17) is 0 Å². The minimum absolute atomic E-state index is 0.153. The van der Waals surface area contributed by atoms with Crippen LogP contribution in [0.3, 0.4) is 0 Å². The Labute approximate surface area is 167 Å². The molecule has 0 aliphatic heterocycles. The molecule has 0 aromatic heterocycles. The fraction of sp³-hybridized carbons (Fsp3) is 0.143. The van der Waals surface area contributed by atoms with E-state index in [1.807, 2.05) is 0 Å². The van der Waals surface area contributed by atoms with Gasteiger partial charge in [-0.05, 0) is 48.0 Å². The zero-order chi connectivity index (χ0) is 21.2. The van der Waals surface area contributed by atoms with Gasteiger partial charge in [0.05, 0.1) is 7.11 Å². The second-order valence-electron chi connectivity index (χ2n) is 5.96. The maximum absolute atomic E-state index is 12.0. The van der Waals surface area contributed by atoms with Crippen molar-refractivity contribution >= 4 is 41.1 Å². The maximum atomic E-state index is 12.0. The first kappa shape index (κ1) is 21.4. The van der Waals surface area contributed by atoms with Gasteiger partial charge in [0.15, 0.2) is 0 Å². The third-order valence-corrected chi connectivity index (χ3v) is 3.69. The molecule has 0 saturated carbocycles. The van der Waals surface area contributed by atoms with Crippen LogP contribution in [0.5, 0.6) is 0 Å². The second-order valence-corrected chi connectivity index (χ2v) is 5.96. The van der Waals surface area contributed by atoms with E-state index in [0.29, 0.717) is 16.9 Å². The predicted molar refractivity (Wildman–Crippen MR) is 109 cm³/mol. The van der Waals surface area contributed by atoms with Crippen LogP contribution in [0.25, 0.3) is 6.08 Å². The molecule has 0 bridgehead atoms. The predicted octanol–water partition coefficient (Wildman–Crippen LogP) is 2.20. The number of methoxy groups -OCH3 is 1. The maximum Gasteiger partial charge on any atom is 0.325 e. The van der Waals surface area contributed by atoms with Gasteiger partial charge in [-0.25, -0.2) is 0 Å². The fourth-order valence-corrected chi connectivity index (χ4v) is 2.27. The van der Waals surface area contributed by atoms with Crippen LogP contribution in [0.1, 0.15) is 22.8 Å². The number of benzene rings is 2. The van der Waals surface area contributed by atoms with Crippen molar-refractivity contribution < 1.29 is 23.9 Å². The third kappa shape index (κ3) is 7.30. The number of hydrogen-bond donors (Lipinski definition) is 3. The zero-order valence-corrected chi connectivity index (χ0v) is 16.0. The first-order valence-electron chi connectivity index (χ1n) is 8.69. The quantitative estimate of drug-likeness (QED) is 0.491. The summed E-state index contributed by atoms with van der Waals surface area (Å²) < 4.78 is 4.45. The van der Waals surface area contributed by atoms with E-state index < -0.39 is 11.9 Å². The van der Waals surface area contributed by atoms with E-state index in [0.717, 1.165) is 5.56 Å². The Morgan fingerprint density at radius 2 is 1.48 bits per heavy atom. The minimum atomic E-state index is -0.543. The molecule has 29 heavy (non-hydrogen) atoms. The van der Waals surface area contributed by atoms with Gasteiger partial charge in [-0.3, -0.25) is 19.2 Å². The van der Waals surface area contributed by atoms with E-state index in [1.54, 1.807) is 42.5 Å². The molecule has 0 unspecified atom stereocenters. The van der Waals surface area contributed by atoms with Crippen molar-refractivity contribution in [1.29, 1.82) is 0 Å². The van der Waals surface area contributed by atoms with Crippen molar-refractivity contribution in [2.45, 2.75) is 6.92 Å². The molecule has 8 nitrogen and oxygen atoms in total. The fourth-order valence-electron chi connectivity index (χ4n) is 2.27. The smallest absolute Gasteiger partial charge is 0.325 e. The number of nitrogens with one attached hydrogen (secondary N) is 3. The topological polar surface area (TPSA) is 114 Å². The van der Waals surface area contributed by atoms with Gasteiger partial charge in [0, 0.05) is 29.9 Å². The zero-order valence-electron chi connectivity index (χ0n) is 16.0. The lowest BCUT2D eigenvalue weighted by Crippen LogP contribution is -2.30. The van der Waals surface area contributed by atoms with Gasteiger partial charge in [0.25, 0.3) is 5.91 Å². The number of amides is 3. The molecule has 0 spiro atoms. The molecule has 0 atom stereocenters. The van der Waals surface area contributed by atoms with Crippen LogP contribution in [0, 0.1) is 0 Å². The number of esters is 1. The molecular weight excluding hydrogens is 374 g/mol. The average Bonchev–Trinajstić information content (AvgIpc) is 2.71. The van der Waals surface area contributed by atoms with Crippen molar-refractivity contribution in [3.05, 3.63) is 65.7 Å². The van der Waals surface area contributed by atoms with Crippen LogP contribution in [0.2, 0.25) is 0 Å².